The number of hydrazone groups is 1. The van der Waals surface area contributed by atoms with E-state index in [1.165, 1.54) is 0 Å². The molecule has 2 aromatic rings. The summed E-state index contributed by atoms with van der Waals surface area (Å²) in [5.74, 6) is 0.635. The van der Waals surface area contributed by atoms with Gasteiger partial charge in [-0.2, -0.15) is 5.10 Å². The zero-order chi connectivity index (χ0) is 10.5. The van der Waals surface area contributed by atoms with Gasteiger partial charge < -0.3 is 0 Å². The third-order valence-electron chi connectivity index (χ3n) is 1.63. The lowest BCUT2D eigenvalue weighted by molar-refractivity contribution is 1.23. The Balaban J connectivity index is 1.99. The minimum atomic E-state index is 0.450. The number of thiophene rings is 1. The van der Waals surface area contributed by atoms with Crippen LogP contribution in [0, 0.1) is 0 Å². The second-order valence-corrected chi connectivity index (χ2v) is 4.10. The number of halogens is 1. The number of anilines is 1. The van der Waals surface area contributed by atoms with Gasteiger partial charge >= 0.3 is 0 Å². The van der Waals surface area contributed by atoms with E-state index in [2.05, 4.69) is 15.5 Å². The van der Waals surface area contributed by atoms with Gasteiger partial charge in [0.25, 0.3) is 0 Å². The Labute approximate surface area is 96.4 Å². The van der Waals surface area contributed by atoms with Crippen molar-refractivity contribution in [2.45, 2.75) is 0 Å². The number of nitrogens with one attached hydrogen (secondary N) is 1. The third kappa shape index (κ3) is 3.04. The van der Waals surface area contributed by atoms with Crippen molar-refractivity contribution in [3.8, 4) is 0 Å². The zero-order valence-electron chi connectivity index (χ0n) is 7.72. The van der Waals surface area contributed by atoms with Crippen LogP contribution < -0.4 is 5.43 Å². The van der Waals surface area contributed by atoms with Gasteiger partial charge in [-0.05, 0) is 23.6 Å². The van der Waals surface area contributed by atoms with E-state index in [0.29, 0.717) is 11.0 Å². The molecular formula is C10H8ClN3S. The fraction of sp³-hybridized carbons (Fsp3) is 0. The molecule has 2 aromatic heterocycles. The summed E-state index contributed by atoms with van der Waals surface area (Å²) in [4.78, 5) is 5.12. The van der Waals surface area contributed by atoms with Crippen LogP contribution in [0.15, 0.2) is 40.8 Å². The maximum atomic E-state index is 5.72. The highest BCUT2D eigenvalue weighted by Crippen LogP contribution is 2.09. The topological polar surface area (TPSA) is 37.3 Å². The molecule has 0 amide bonds. The van der Waals surface area contributed by atoms with E-state index >= 15 is 0 Å². The van der Waals surface area contributed by atoms with Crippen molar-refractivity contribution in [2.24, 2.45) is 5.10 Å². The molecule has 0 aliphatic heterocycles. The van der Waals surface area contributed by atoms with Crippen LogP contribution in [-0.2, 0) is 0 Å². The number of hydrogen-bond donors (Lipinski definition) is 1. The molecule has 0 radical (unpaired) electrons. The lowest BCUT2D eigenvalue weighted by Crippen LogP contribution is -1.92. The van der Waals surface area contributed by atoms with Crippen LogP contribution in [0.1, 0.15) is 4.88 Å². The van der Waals surface area contributed by atoms with Crippen LogP contribution in [0.5, 0.6) is 0 Å². The molecule has 0 bridgehead atoms. The second-order valence-electron chi connectivity index (χ2n) is 2.73. The Morgan fingerprint density at radius 3 is 3.00 bits per heavy atom. The van der Waals surface area contributed by atoms with Crippen molar-refractivity contribution >= 4 is 35.0 Å². The molecule has 1 N–H and O–H groups in total. The fourth-order valence-electron chi connectivity index (χ4n) is 0.997. The van der Waals surface area contributed by atoms with Crippen molar-refractivity contribution in [2.75, 3.05) is 5.43 Å². The van der Waals surface area contributed by atoms with Gasteiger partial charge in [0.2, 0.25) is 0 Å². The molecule has 0 saturated carbocycles. The van der Waals surface area contributed by atoms with Crippen molar-refractivity contribution in [3.63, 3.8) is 0 Å². The second kappa shape index (κ2) is 4.91. The maximum Gasteiger partial charge on any atom is 0.147 e. The van der Waals surface area contributed by atoms with Crippen LogP contribution >= 0.6 is 22.9 Å². The van der Waals surface area contributed by atoms with Gasteiger partial charge in [0.1, 0.15) is 11.0 Å². The molecule has 0 aliphatic carbocycles. The minimum absolute atomic E-state index is 0.450. The summed E-state index contributed by atoms with van der Waals surface area (Å²) in [7, 11) is 0. The highest BCUT2D eigenvalue weighted by atomic mass is 35.5. The Morgan fingerprint density at radius 2 is 2.27 bits per heavy atom. The average Bonchev–Trinajstić information content (AvgIpc) is 2.71. The van der Waals surface area contributed by atoms with Crippen molar-refractivity contribution in [3.05, 3.63) is 45.7 Å². The van der Waals surface area contributed by atoms with Gasteiger partial charge in [-0.1, -0.05) is 23.7 Å². The van der Waals surface area contributed by atoms with E-state index in [1.54, 1.807) is 29.7 Å². The van der Waals surface area contributed by atoms with E-state index < -0.39 is 0 Å². The lowest BCUT2D eigenvalue weighted by Gasteiger charge is -1.97. The van der Waals surface area contributed by atoms with Crippen LogP contribution in [0.2, 0.25) is 5.15 Å². The number of aromatic nitrogens is 1. The first kappa shape index (κ1) is 10.1. The first-order valence-electron chi connectivity index (χ1n) is 4.30. The van der Waals surface area contributed by atoms with Gasteiger partial charge in [-0.3, -0.25) is 5.43 Å². The molecule has 0 aliphatic rings. The SMILES string of the molecule is Clc1cccc(NN=Cc2cccs2)n1. The Hall–Kier alpha value is -1.39. The molecule has 0 fully saturated rings. The molecule has 0 saturated heterocycles. The van der Waals surface area contributed by atoms with Crippen molar-refractivity contribution < 1.29 is 0 Å². The molecule has 76 valence electrons. The molecule has 2 heterocycles. The third-order valence-corrected chi connectivity index (χ3v) is 2.65. The summed E-state index contributed by atoms with van der Waals surface area (Å²) in [5, 5.41) is 6.49. The van der Waals surface area contributed by atoms with E-state index in [0.717, 1.165) is 4.88 Å². The van der Waals surface area contributed by atoms with Gasteiger partial charge in [-0.25, -0.2) is 4.98 Å². The molecular weight excluding hydrogens is 230 g/mol. The monoisotopic (exact) mass is 237 g/mol. The van der Waals surface area contributed by atoms with Crippen LogP contribution in [0.25, 0.3) is 0 Å². The van der Waals surface area contributed by atoms with Crippen molar-refractivity contribution in [1.29, 1.82) is 0 Å². The number of pyridine rings is 1. The highest BCUT2D eigenvalue weighted by Gasteiger charge is 1.92. The summed E-state index contributed by atoms with van der Waals surface area (Å²) in [6.45, 7) is 0. The average molecular weight is 238 g/mol. The number of hydrogen-bond acceptors (Lipinski definition) is 4. The predicted octanol–water partition coefficient (Wildman–Crippen LogP) is 3.24. The number of nitrogens with zero attached hydrogens (tertiary/aromatic N) is 2. The molecule has 0 spiro atoms. The Bertz CT molecular complexity index is 453. The van der Waals surface area contributed by atoms with Crippen LogP contribution in [0.3, 0.4) is 0 Å². The summed E-state index contributed by atoms with van der Waals surface area (Å²) in [5.41, 5.74) is 2.80. The molecule has 0 unspecified atom stereocenters. The predicted molar refractivity (Wildman–Crippen MR) is 64.8 cm³/mol. The van der Waals surface area contributed by atoms with Gasteiger partial charge in [-0.15, -0.1) is 11.3 Å². The van der Waals surface area contributed by atoms with Crippen molar-refractivity contribution in [1.82, 2.24) is 4.98 Å². The summed E-state index contributed by atoms with van der Waals surface area (Å²) in [6.07, 6.45) is 1.74. The quantitative estimate of drug-likeness (QED) is 0.506. The molecule has 3 nitrogen and oxygen atoms in total. The van der Waals surface area contributed by atoms with Gasteiger partial charge in [0, 0.05) is 4.88 Å². The first-order chi connectivity index (χ1) is 7.34. The highest BCUT2D eigenvalue weighted by molar-refractivity contribution is 7.11. The van der Waals surface area contributed by atoms with E-state index in [9.17, 15) is 0 Å². The van der Waals surface area contributed by atoms with E-state index in [1.807, 2.05) is 23.6 Å². The fourth-order valence-corrected chi connectivity index (χ4v) is 1.75. The van der Waals surface area contributed by atoms with E-state index in [-0.39, 0.29) is 0 Å². The number of rotatable bonds is 3. The van der Waals surface area contributed by atoms with Crippen LogP contribution in [0.4, 0.5) is 5.82 Å². The Morgan fingerprint density at radius 1 is 1.33 bits per heavy atom. The van der Waals surface area contributed by atoms with Gasteiger partial charge in [0.05, 0.1) is 6.21 Å². The zero-order valence-corrected chi connectivity index (χ0v) is 9.29. The normalized spacial score (nSPS) is 10.7. The summed E-state index contributed by atoms with van der Waals surface area (Å²) >= 11 is 7.35. The Kier molecular flexibility index (Phi) is 3.32. The summed E-state index contributed by atoms with van der Waals surface area (Å²) in [6, 6.07) is 9.30. The molecule has 0 aromatic carbocycles. The summed E-state index contributed by atoms with van der Waals surface area (Å²) < 4.78 is 0. The molecule has 2 rings (SSSR count). The van der Waals surface area contributed by atoms with E-state index in [4.69, 9.17) is 11.6 Å². The first-order valence-corrected chi connectivity index (χ1v) is 5.55. The lowest BCUT2D eigenvalue weighted by atomic mass is 10.5. The smallest absolute Gasteiger partial charge is 0.147 e. The van der Waals surface area contributed by atoms with Gasteiger partial charge in [0.15, 0.2) is 0 Å². The molecule has 0 atom stereocenters. The standard InChI is InChI=1S/C10H8ClN3S/c11-9-4-1-5-10(13-9)14-12-7-8-3-2-6-15-8/h1-7H,(H,13,14). The molecule has 5 heteroatoms. The van der Waals surface area contributed by atoms with Crippen LogP contribution in [-0.4, -0.2) is 11.2 Å². The maximum absolute atomic E-state index is 5.72. The minimum Gasteiger partial charge on any atom is -0.261 e. The molecule has 15 heavy (non-hydrogen) atoms. The largest absolute Gasteiger partial charge is 0.261 e.